The van der Waals surface area contributed by atoms with Gasteiger partial charge < -0.3 is 4.57 Å². The maximum absolute atomic E-state index is 5.34. The molecule has 0 saturated heterocycles. The molecule has 1 aliphatic rings. The third kappa shape index (κ3) is 3.86. The van der Waals surface area contributed by atoms with E-state index in [-0.39, 0.29) is 5.41 Å². The van der Waals surface area contributed by atoms with Gasteiger partial charge in [0.05, 0.1) is 27.9 Å². The first-order chi connectivity index (χ1) is 23.5. The van der Waals surface area contributed by atoms with Gasteiger partial charge >= 0.3 is 0 Å². The summed E-state index contributed by atoms with van der Waals surface area (Å²) in [5.41, 5.74) is 11.9. The fourth-order valence-corrected chi connectivity index (χ4v) is 7.80. The molecule has 48 heavy (non-hydrogen) atoms. The molecular formula is C44H30N4. The first-order valence-corrected chi connectivity index (χ1v) is 16.4. The van der Waals surface area contributed by atoms with Gasteiger partial charge in [0.15, 0.2) is 5.82 Å². The highest BCUT2D eigenvalue weighted by Gasteiger charge is 2.39. The number of aromatic nitrogens is 4. The molecule has 0 spiro atoms. The van der Waals surface area contributed by atoms with Gasteiger partial charge in [0.2, 0.25) is 0 Å². The second kappa shape index (κ2) is 9.93. The molecule has 0 aliphatic heterocycles. The summed E-state index contributed by atoms with van der Waals surface area (Å²) in [6, 6.07) is 49.9. The highest BCUT2D eigenvalue weighted by Crippen LogP contribution is 2.51. The second-order valence-electron chi connectivity index (χ2n) is 13.3. The number of hydrogen-bond acceptors (Lipinski definition) is 3. The van der Waals surface area contributed by atoms with E-state index in [2.05, 4.69) is 157 Å². The second-order valence-corrected chi connectivity index (χ2v) is 13.3. The van der Waals surface area contributed by atoms with E-state index in [1.54, 1.807) is 0 Å². The predicted molar refractivity (Wildman–Crippen MR) is 198 cm³/mol. The Kier molecular flexibility index (Phi) is 5.59. The van der Waals surface area contributed by atoms with Crippen LogP contribution in [0.15, 0.2) is 146 Å². The molecule has 0 unspecified atom stereocenters. The third-order valence-electron chi connectivity index (χ3n) is 10.2. The van der Waals surface area contributed by atoms with Crippen LogP contribution in [0.1, 0.15) is 25.1 Å². The number of benzene rings is 6. The SMILES string of the molecule is CC1(C)c2ccccc2-c2c(-c3ccc4ncccc4c3)nc(-c3ccc(-n4c5ccccc5c5cc6ccccc6cc54)cc3)nc21. The van der Waals surface area contributed by atoms with E-state index < -0.39 is 0 Å². The van der Waals surface area contributed by atoms with Crippen LogP contribution in [0.3, 0.4) is 0 Å². The van der Waals surface area contributed by atoms with Gasteiger partial charge in [0.1, 0.15) is 0 Å². The van der Waals surface area contributed by atoms with Gasteiger partial charge in [-0.15, -0.1) is 0 Å². The molecule has 0 amide bonds. The fourth-order valence-electron chi connectivity index (χ4n) is 7.80. The summed E-state index contributed by atoms with van der Waals surface area (Å²) in [7, 11) is 0. The van der Waals surface area contributed by atoms with Gasteiger partial charge in [-0.3, -0.25) is 4.98 Å². The van der Waals surface area contributed by atoms with Crippen molar-refractivity contribution in [2.45, 2.75) is 19.3 Å². The van der Waals surface area contributed by atoms with Crippen LogP contribution in [0.5, 0.6) is 0 Å². The first kappa shape index (κ1) is 27.0. The Labute approximate surface area is 278 Å². The highest BCUT2D eigenvalue weighted by atomic mass is 15.0. The lowest BCUT2D eigenvalue weighted by atomic mass is 9.85. The van der Waals surface area contributed by atoms with Crippen LogP contribution in [0.2, 0.25) is 0 Å². The molecule has 0 radical (unpaired) electrons. The molecule has 226 valence electrons. The minimum absolute atomic E-state index is 0.261. The number of para-hydroxylation sites is 1. The van der Waals surface area contributed by atoms with Crippen molar-refractivity contribution in [3.8, 4) is 39.5 Å². The molecule has 0 N–H and O–H groups in total. The Morgan fingerprint density at radius 1 is 0.562 bits per heavy atom. The largest absolute Gasteiger partial charge is 0.309 e. The number of hydrogen-bond donors (Lipinski definition) is 0. The van der Waals surface area contributed by atoms with E-state index in [9.17, 15) is 0 Å². The van der Waals surface area contributed by atoms with Crippen LogP contribution in [0.4, 0.5) is 0 Å². The summed E-state index contributed by atoms with van der Waals surface area (Å²) in [5, 5.41) is 6.09. The summed E-state index contributed by atoms with van der Waals surface area (Å²) >= 11 is 0. The lowest BCUT2D eigenvalue weighted by Crippen LogP contribution is -2.17. The molecule has 0 saturated carbocycles. The standard InChI is InChI=1S/C44H30N4/c1-44(2)36-15-7-5-14-34(36)40-41(31-19-22-37-30(24-31)12-9-23-45-37)46-43(47-42(40)44)27-17-20-32(21-18-27)48-38-16-8-6-13-33(38)35-25-28-10-3-4-11-29(28)26-39(35)48/h3-26H,1-2H3. The smallest absolute Gasteiger partial charge is 0.160 e. The van der Waals surface area contributed by atoms with Gasteiger partial charge in [-0.25, -0.2) is 9.97 Å². The minimum atomic E-state index is -0.261. The number of rotatable bonds is 3. The molecule has 3 aromatic heterocycles. The monoisotopic (exact) mass is 614 g/mol. The molecule has 0 fully saturated rings. The molecule has 4 heteroatoms. The van der Waals surface area contributed by atoms with Crippen LogP contribution < -0.4 is 0 Å². The molecule has 1 aliphatic carbocycles. The summed E-state index contributed by atoms with van der Waals surface area (Å²) in [5.74, 6) is 0.732. The van der Waals surface area contributed by atoms with Gasteiger partial charge in [0.25, 0.3) is 0 Å². The summed E-state index contributed by atoms with van der Waals surface area (Å²) in [6.07, 6.45) is 1.84. The van der Waals surface area contributed by atoms with Crippen molar-refractivity contribution in [3.05, 3.63) is 157 Å². The van der Waals surface area contributed by atoms with E-state index in [1.807, 2.05) is 12.3 Å². The van der Waals surface area contributed by atoms with Crippen LogP contribution in [0.25, 0.3) is 82.9 Å². The third-order valence-corrected chi connectivity index (χ3v) is 10.2. The summed E-state index contributed by atoms with van der Waals surface area (Å²) in [4.78, 5) is 15.2. The summed E-state index contributed by atoms with van der Waals surface area (Å²) < 4.78 is 2.37. The molecule has 0 bridgehead atoms. The van der Waals surface area contributed by atoms with Crippen molar-refractivity contribution >= 4 is 43.5 Å². The van der Waals surface area contributed by atoms with E-state index in [0.29, 0.717) is 0 Å². The zero-order chi connectivity index (χ0) is 32.0. The Balaban J connectivity index is 1.16. The zero-order valence-corrected chi connectivity index (χ0v) is 26.6. The maximum Gasteiger partial charge on any atom is 0.160 e. The zero-order valence-electron chi connectivity index (χ0n) is 26.6. The molecule has 4 nitrogen and oxygen atoms in total. The Bertz CT molecular complexity index is 2750. The normalized spacial score (nSPS) is 13.4. The van der Waals surface area contributed by atoms with Crippen LogP contribution in [0, 0.1) is 0 Å². The molecule has 3 heterocycles. The maximum atomic E-state index is 5.34. The van der Waals surface area contributed by atoms with Crippen molar-refractivity contribution in [3.63, 3.8) is 0 Å². The lowest BCUT2D eigenvalue weighted by Gasteiger charge is -2.21. The van der Waals surface area contributed by atoms with Crippen molar-refractivity contribution in [1.82, 2.24) is 19.5 Å². The van der Waals surface area contributed by atoms with Crippen molar-refractivity contribution < 1.29 is 0 Å². The van der Waals surface area contributed by atoms with Crippen LogP contribution >= 0.6 is 0 Å². The minimum Gasteiger partial charge on any atom is -0.309 e. The van der Waals surface area contributed by atoms with Gasteiger partial charge in [-0.2, -0.15) is 0 Å². The quantitative estimate of drug-likeness (QED) is 0.199. The van der Waals surface area contributed by atoms with Crippen molar-refractivity contribution in [2.24, 2.45) is 0 Å². The van der Waals surface area contributed by atoms with E-state index in [4.69, 9.17) is 9.97 Å². The first-order valence-electron chi connectivity index (χ1n) is 16.4. The lowest BCUT2D eigenvalue weighted by molar-refractivity contribution is 0.636. The Hall–Kier alpha value is -6.13. The number of pyridine rings is 1. The molecule has 6 aromatic carbocycles. The van der Waals surface area contributed by atoms with Gasteiger partial charge in [-0.05, 0) is 82.6 Å². The van der Waals surface area contributed by atoms with Crippen LogP contribution in [-0.2, 0) is 5.41 Å². The van der Waals surface area contributed by atoms with Gasteiger partial charge in [-0.1, -0.05) is 92.7 Å². The average molecular weight is 615 g/mol. The van der Waals surface area contributed by atoms with Crippen molar-refractivity contribution in [2.75, 3.05) is 0 Å². The van der Waals surface area contributed by atoms with Gasteiger partial charge in [0, 0.05) is 50.1 Å². The average Bonchev–Trinajstić information content (AvgIpc) is 3.58. The fraction of sp³-hybridized carbons (Fsp3) is 0.0682. The van der Waals surface area contributed by atoms with E-state index >= 15 is 0 Å². The van der Waals surface area contributed by atoms with E-state index in [0.717, 1.165) is 50.5 Å². The summed E-state index contributed by atoms with van der Waals surface area (Å²) in [6.45, 7) is 4.55. The highest BCUT2D eigenvalue weighted by molar-refractivity contribution is 6.13. The molecular weight excluding hydrogens is 585 g/mol. The molecule has 0 atom stereocenters. The van der Waals surface area contributed by atoms with E-state index in [1.165, 1.54) is 43.7 Å². The Morgan fingerprint density at radius 2 is 1.29 bits per heavy atom. The van der Waals surface area contributed by atoms with Crippen molar-refractivity contribution in [1.29, 1.82) is 0 Å². The number of fused-ring (bicyclic) bond motifs is 8. The van der Waals surface area contributed by atoms with Crippen LogP contribution in [-0.4, -0.2) is 19.5 Å². The topological polar surface area (TPSA) is 43.6 Å². The predicted octanol–water partition coefficient (Wildman–Crippen LogP) is 10.9. The number of nitrogens with zero attached hydrogens (tertiary/aromatic N) is 4. The molecule has 9 aromatic rings. The molecule has 10 rings (SSSR count). The Morgan fingerprint density at radius 3 is 2.17 bits per heavy atom.